The van der Waals surface area contributed by atoms with Gasteiger partial charge in [-0.2, -0.15) is 0 Å². The van der Waals surface area contributed by atoms with Gasteiger partial charge in [0.2, 0.25) is 5.91 Å². The molecule has 4 heteroatoms. The third-order valence-corrected chi connectivity index (χ3v) is 4.65. The van der Waals surface area contributed by atoms with Crippen LogP contribution in [0, 0.1) is 17.8 Å². The maximum absolute atomic E-state index is 12.5. The van der Waals surface area contributed by atoms with E-state index in [0.717, 1.165) is 24.7 Å². The van der Waals surface area contributed by atoms with E-state index < -0.39 is 0 Å². The predicted molar refractivity (Wildman–Crippen MR) is 68.9 cm³/mol. The summed E-state index contributed by atoms with van der Waals surface area (Å²) in [4.78, 5) is 14.5. The van der Waals surface area contributed by atoms with Gasteiger partial charge in [0.15, 0.2) is 0 Å². The van der Waals surface area contributed by atoms with Gasteiger partial charge in [0.25, 0.3) is 0 Å². The summed E-state index contributed by atoms with van der Waals surface area (Å²) in [6, 6.07) is 0. The lowest BCUT2D eigenvalue weighted by Gasteiger charge is -2.43. The van der Waals surface area contributed by atoms with Gasteiger partial charge in [-0.25, -0.2) is 0 Å². The van der Waals surface area contributed by atoms with Gasteiger partial charge in [0.05, 0.1) is 11.7 Å². The van der Waals surface area contributed by atoms with Crippen LogP contribution >= 0.6 is 0 Å². The monoisotopic (exact) mass is 252 g/mol. The third kappa shape index (κ3) is 2.28. The van der Waals surface area contributed by atoms with E-state index >= 15 is 0 Å². The van der Waals surface area contributed by atoms with Gasteiger partial charge < -0.3 is 15.4 Å². The van der Waals surface area contributed by atoms with Gasteiger partial charge in [0, 0.05) is 25.6 Å². The minimum Gasteiger partial charge on any atom is -0.367 e. The van der Waals surface area contributed by atoms with E-state index in [-0.39, 0.29) is 17.6 Å². The standard InChI is InChI=1S/C14H24N2O2/c1-14(2)8-16(7-12(6-15)18-14)13(17)11-4-9-3-10(9)5-11/h9-12H,3-8,15H2,1-2H3. The summed E-state index contributed by atoms with van der Waals surface area (Å²) in [5.41, 5.74) is 5.44. The van der Waals surface area contributed by atoms with E-state index in [0.29, 0.717) is 25.5 Å². The van der Waals surface area contributed by atoms with Gasteiger partial charge in [-0.1, -0.05) is 0 Å². The molecule has 0 bridgehead atoms. The molecule has 0 spiro atoms. The Bertz CT molecular complexity index is 346. The average Bonchev–Trinajstić information content (AvgIpc) is 2.93. The van der Waals surface area contributed by atoms with Crippen LogP contribution in [0.15, 0.2) is 0 Å². The molecule has 3 rings (SSSR count). The van der Waals surface area contributed by atoms with Crippen LogP contribution in [0.5, 0.6) is 0 Å². The Morgan fingerprint density at radius 3 is 2.61 bits per heavy atom. The van der Waals surface area contributed by atoms with E-state index in [1.165, 1.54) is 6.42 Å². The zero-order chi connectivity index (χ0) is 12.9. The molecule has 3 aliphatic rings. The highest BCUT2D eigenvalue weighted by Gasteiger charge is 2.49. The van der Waals surface area contributed by atoms with Crippen molar-refractivity contribution in [3.8, 4) is 0 Å². The molecule has 18 heavy (non-hydrogen) atoms. The van der Waals surface area contributed by atoms with E-state index in [1.807, 2.05) is 18.7 Å². The molecule has 0 aromatic carbocycles. The molecule has 2 N–H and O–H groups in total. The van der Waals surface area contributed by atoms with Crippen molar-refractivity contribution in [1.29, 1.82) is 0 Å². The van der Waals surface area contributed by atoms with Crippen LogP contribution in [-0.2, 0) is 9.53 Å². The van der Waals surface area contributed by atoms with Crippen LogP contribution in [0.2, 0.25) is 0 Å². The second-order valence-electron chi connectivity index (χ2n) is 6.88. The minimum absolute atomic E-state index is 0.00589. The quantitative estimate of drug-likeness (QED) is 0.797. The number of carbonyl (C=O) groups excluding carboxylic acids is 1. The molecule has 1 saturated heterocycles. The number of fused-ring (bicyclic) bond motifs is 1. The van der Waals surface area contributed by atoms with Crippen molar-refractivity contribution in [3.63, 3.8) is 0 Å². The number of ether oxygens (including phenoxy) is 1. The molecule has 0 radical (unpaired) electrons. The number of carbonyl (C=O) groups is 1. The van der Waals surface area contributed by atoms with Crippen LogP contribution in [-0.4, -0.2) is 42.1 Å². The number of amides is 1. The van der Waals surface area contributed by atoms with E-state index in [4.69, 9.17) is 10.5 Å². The molecule has 3 fully saturated rings. The Labute approximate surface area is 109 Å². The number of hydrogen-bond acceptors (Lipinski definition) is 3. The van der Waals surface area contributed by atoms with Crippen LogP contribution < -0.4 is 5.73 Å². The summed E-state index contributed by atoms with van der Waals surface area (Å²) in [7, 11) is 0. The second kappa shape index (κ2) is 4.20. The Morgan fingerprint density at radius 1 is 1.33 bits per heavy atom. The maximum Gasteiger partial charge on any atom is 0.225 e. The van der Waals surface area contributed by atoms with Crippen molar-refractivity contribution in [1.82, 2.24) is 4.90 Å². The first kappa shape index (κ1) is 12.4. The highest BCUT2D eigenvalue weighted by Crippen LogP contribution is 2.54. The van der Waals surface area contributed by atoms with Crippen LogP contribution in [0.3, 0.4) is 0 Å². The molecule has 1 aliphatic heterocycles. The molecule has 3 atom stereocenters. The Balaban J connectivity index is 1.65. The zero-order valence-electron chi connectivity index (χ0n) is 11.4. The molecule has 2 saturated carbocycles. The first-order chi connectivity index (χ1) is 8.48. The number of hydrogen-bond donors (Lipinski definition) is 1. The molecule has 0 aromatic rings. The smallest absolute Gasteiger partial charge is 0.225 e. The molecule has 2 aliphatic carbocycles. The predicted octanol–water partition coefficient (Wildman–Crippen LogP) is 0.997. The second-order valence-corrected chi connectivity index (χ2v) is 6.88. The van der Waals surface area contributed by atoms with Crippen molar-refractivity contribution >= 4 is 5.91 Å². The zero-order valence-corrected chi connectivity index (χ0v) is 11.4. The molecule has 3 unspecified atom stereocenters. The number of nitrogens with two attached hydrogens (primary N) is 1. The normalized spacial score (nSPS) is 41.6. The highest BCUT2D eigenvalue weighted by atomic mass is 16.5. The molecule has 0 aromatic heterocycles. The molecular formula is C14H24N2O2. The van der Waals surface area contributed by atoms with E-state index in [2.05, 4.69) is 0 Å². The first-order valence-electron chi connectivity index (χ1n) is 7.15. The fourth-order valence-electron chi connectivity index (χ4n) is 3.76. The molecule has 1 heterocycles. The number of nitrogens with zero attached hydrogens (tertiary/aromatic N) is 1. The summed E-state index contributed by atoms with van der Waals surface area (Å²) < 4.78 is 5.88. The van der Waals surface area contributed by atoms with Gasteiger partial charge in [-0.05, 0) is 44.9 Å². The van der Waals surface area contributed by atoms with Crippen LogP contribution in [0.1, 0.15) is 33.1 Å². The lowest BCUT2D eigenvalue weighted by molar-refractivity contribution is -0.162. The SMILES string of the molecule is CC1(C)CN(C(=O)C2CC3CC3C2)CC(CN)O1. The molecule has 102 valence electrons. The highest BCUT2D eigenvalue weighted by molar-refractivity contribution is 5.79. The lowest BCUT2D eigenvalue weighted by Crippen LogP contribution is -2.57. The largest absolute Gasteiger partial charge is 0.367 e. The van der Waals surface area contributed by atoms with Crippen molar-refractivity contribution in [2.75, 3.05) is 19.6 Å². The topological polar surface area (TPSA) is 55.6 Å². The van der Waals surface area contributed by atoms with E-state index in [9.17, 15) is 4.79 Å². The summed E-state index contributed by atoms with van der Waals surface area (Å²) in [6.45, 7) is 5.95. The van der Waals surface area contributed by atoms with Crippen LogP contribution in [0.4, 0.5) is 0 Å². The van der Waals surface area contributed by atoms with Crippen molar-refractivity contribution in [3.05, 3.63) is 0 Å². The number of morpholine rings is 1. The molecule has 4 nitrogen and oxygen atoms in total. The van der Waals surface area contributed by atoms with Crippen molar-refractivity contribution in [2.24, 2.45) is 23.5 Å². The average molecular weight is 252 g/mol. The van der Waals surface area contributed by atoms with Gasteiger partial charge in [-0.3, -0.25) is 4.79 Å². The van der Waals surface area contributed by atoms with Crippen molar-refractivity contribution < 1.29 is 9.53 Å². The lowest BCUT2D eigenvalue weighted by atomic mass is 9.98. The first-order valence-corrected chi connectivity index (χ1v) is 7.15. The Morgan fingerprint density at radius 2 is 2.00 bits per heavy atom. The molecule has 1 amide bonds. The van der Waals surface area contributed by atoms with Crippen LogP contribution in [0.25, 0.3) is 0 Å². The van der Waals surface area contributed by atoms with Gasteiger partial charge in [-0.15, -0.1) is 0 Å². The van der Waals surface area contributed by atoms with E-state index in [1.54, 1.807) is 0 Å². The molecular weight excluding hydrogens is 228 g/mol. The maximum atomic E-state index is 12.5. The summed E-state index contributed by atoms with van der Waals surface area (Å²) in [6.07, 6.45) is 3.60. The fraction of sp³-hybridized carbons (Fsp3) is 0.929. The number of rotatable bonds is 2. The summed E-state index contributed by atoms with van der Waals surface area (Å²) in [5, 5.41) is 0. The fourth-order valence-corrected chi connectivity index (χ4v) is 3.76. The minimum atomic E-state index is -0.264. The van der Waals surface area contributed by atoms with Gasteiger partial charge >= 0.3 is 0 Å². The third-order valence-electron chi connectivity index (χ3n) is 4.65. The Kier molecular flexibility index (Phi) is 2.90. The summed E-state index contributed by atoms with van der Waals surface area (Å²) in [5.74, 6) is 2.34. The van der Waals surface area contributed by atoms with Gasteiger partial charge in [0.1, 0.15) is 0 Å². The van der Waals surface area contributed by atoms with Crippen molar-refractivity contribution in [2.45, 2.75) is 44.8 Å². The summed E-state index contributed by atoms with van der Waals surface area (Å²) >= 11 is 0. The Hall–Kier alpha value is -0.610.